The lowest BCUT2D eigenvalue weighted by Crippen LogP contribution is -2.47. The molecule has 0 spiro atoms. The highest BCUT2D eigenvalue weighted by Crippen LogP contribution is 2.21. The molecule has 8 heteroatoms. The Morgan fingerprint density at radius 3 is 2.80 bits per heavy atom. The van der Waals surface area contributed by atoms with Gasteiger partial charge in [-0.2, -0.15) is 0 Å². The summed E-state index contributed by atoms with van der Waals surface area (Å²) in [7, 11) is 1.61. The van der Waals surface area contributed by atoms with Crippen molar-refractivity contribution < 1.29 is 14.3 Å². The zero-order chi connectivity index (χ0) is 21.3. The van der Waals surface area contributed by atoms with Gasteiger partial charge in [-0.3, -0.25) is 14.6 Å². The topological polar surface area (TPSA) is 87.8 Å². The van der Waals surface area contributed by atoms with E-state index < -0.39 is 0 Å². The number of carbonyl (C=O) groups excluding carboxylic acids is 1. The standard InChI is InChI=1S/C22H28N4O4/c1-14-11-26(12-15(2)30-14)22-23-19-13-25(8-7-18(19)21(28)24-22)20(27)10-16-5-4-6-17(9-16)29-3/h4-6,9,14-15H,7-8,10-13H2,1-3H3,(H,23,24,28)/t14-,15-/m0/s1. The molecular formula is C22H28N4O4. The number of fused-ring (bicyclic) bond motifs is 1. The van der Waals surface area contributed by atoms with E-state index in [1.165, 1.54) is 0 Å². The van der Waals surface area contributed by atoms with Crippen molar-refractivity contribution in [1.29, 1.82) is 0 Å². The molecule has 1 N–H and O–H groups in total. The molecular weight excluding hydrogens is 384 g/mol. The van der Waals surface area contributed by atoms with Crippen molar-refractivity contribution in [3.05, 3.63) is 51.4 Å². The second-order valence-corrected chi connectivity index (χ2v) is 8.07. The van der Waals surface area contributed by atoms with Crippen LogP contribution in [0.25, 0.3) is 0 Å². The normalized spacial score (nSPS) is 21.3. The van der Waals surface area contributed by atoms with Crippen molar-refractivity contribution in [2.45, 2.75) is 45.4 Å². The minimum absolute atomic E-state index is 0.0196. The molecule has 2 aromatic rings. The fourth-order valence-corrected chi connectivity index (χ4v) is 4.21. The third-order valence-electron chi connectivity index (χ3n) is 5.62. The largest absolute Gasteiger partial charge is 0.497 e. The van der Waals surface area contributed by atoms with Gasteiger partial charge in [0.2, 0.25) is 11.9 Å². The predicted molar refractivity (Wildman–Crippen MR) is 113 cm³/mol. The molecule has 0 unspecified atom stereocenters. The average molecular weight is 412 g/mol. The quantitative estimate of drug-likeness (QED) is 0.819. The van der Waals surface area contributed by atoms with Gasteiger partial charge in [-0.1, -0.05) is 12.1 Å². The summed E-state index contributed by atoms with van der Waals surface area (Å²) in [4.78, 5) is 37.0. The Morgan fingerprint density at radius 2 is 2.07 bits per heavy atom. The lowest BCUT2D eigenvalue weighted by molar-refractivity contribution is -0.131. The number of nitrogens with zero attached hydrogens (tertiary/aromatic N) is 3. The molecule has 160 valence electrons. The van der Waals surface area contributed by atoms with Crippen LogP contribution in [-0.2, 0) is 28.9 Å². The molecule has 2 aliphatic rings. The Kier molecular flexibility index (Phi) is 5.76. The first kappa shape index (κ1) is 20.4. The molecule has 1 fully saturated rings. The Labute approximate surface area is 175 Å². The number of hydrogen-bond acceptors (Lipinski definition) is 6. The van der Waals surface area contributed by atoms with E-state index >= 15 is 0 Å². The molecule has 3 heterocycles. The maximum atomic E-state index is 12.9. The summed E-state index contributed by atoms with van der Waals surface area (Å²) >= 11 is 0. The Balaban J connectivity index is 1.51. The van der Waals surface area contributed by atoms with Crippen LogP contribution in [-0.4, -0.2) is 59.7 Å². The van der Waals surface area contributed by atoms with E-state index in [4.69, 9.17) is 14.5 Å². The van der Waals surface area contributed by atoms with E-state index in [1.807, 2.05) is 38.1 Å². The molecule has 1 saturated heterocycles. The number of H-pyrrole nitrogens is 1. The molecule has 30 heavy (non-hydrogen) atoms. The lowest BCUT2D eigenvalue weighted by Gasteiger charge is -2.36. The number of carbonyl (C=O) groups is 1. The maximum Gasteiger partial charge on any atom is 0.255 e. The fraction of sp³-hybridized carbons (Fsp3) is 0.500. The summed E-state index contributed by atoms with van der Waals surface area (Å²) in [6, 6.07) is 7.53. The van der Waals surface area contributed by atoms with Crippen molar-refractivity contribution in [3.8, 4) is 5.75 Å². The molecule has 1 amide bonds. The monoisotopic (exact) mass is 412 g/mol. The van der Waals surface area contributed by atoms with Crippen LogP contribution in [0.2, 0.25) is 0 Å². The van der Waals surface area contributed by atoms with E-state index in [1.54, 1.807) is 12.0 Å². The number of morpholine rings is 1. The highest BCUT2D eigenvalue weighted by molar-refractivity contribution is 5.79. The highest BCUT2D eigenvalue weighted by Gasteiger charge is 2.28. The van der Waals surface area contributed by atoms with Crippen LogP contribution in [0.4, 0.5) is 5.95 Å². The molecule has 4 rings (SSSR count). The molecule has 1 aromatic carbocycles. The SMILES string of the molecule is COc1cccc(CC(=O)N2CCc3c(nc(N4C[C@H](C)O[C@@H](C)C4)[nH]c3=O)C2)c1. The molecule has 8 nitrogen and oxygen atoms in total. The smallest absolute Gasteiger partial charge is 0.255 e. The summed E-state index contributed by atoms with van der Waals surface area (Å²) in [5.74, 6) is 1.31. The number of nitrogens with one attached hydrogen (secondary N) is 1. The Hall–Kier alpha value is -2.87. The van der Waals surface area contributed by atoms with E-state index in [0.717, 1.165) is 11.3 Å². The van der Waals surface area contributed by atoms with Crippen LogP contribution in [0.5, 0.6) is 5.75 Å². The average Bonchev–Trinajstić information content (AvgIpc) is 2.72. The number of hydrogen-bond donors (Lipinski definition) is 1. The third-order valence-corrected chi connectivity index (χ3v) is 5.62. The van der Waals surface area contributed by atoms with E-state index in [9.17, 15) is 9.59 Å². The molecule has 0 bridgehead atoms. The Morgan fingerprint density at radius 1 is 1.30 bits per heavy atom. The van der Waals surface area contributed by atoms with Crippen LogP contribution < -0.4 is 15.2 Å². The van der Waals surface area contributed by atoms with Crippen molar-refractivity contribution in [2.24, 2.45) is 0 Å². The summed E-state index contributed by atoms with van der Waals surface area (Å²) in [5, 5.41) is 0. The van der Waals surface area contributed by atoms with Gasteiger partial charge in [0, 0.05) is 25.2 Å². The van der Waals surface area contributed by atoms with Crippen LogP contribution in [0.15, 0.2) is 29.1 Å². The molecule has 0 aliphatic carbocycles. The number of amides is 1. The number of ether oxygens (including phenoxy) is 2. The van der Waals surface area contributed by atoms with Gasteiger partial charge in [-0.15, -0.1) is 0 Å². The third kappa shape index (κ3) is 4.33. The number of aromatic nitrogens is 2. The Bertz CT molecular complexity index is 979. The van der Waals surface area contributed by atoms with E-state index in [0.29, 0.717) is 56.2 Å². The fourth-order valence-electron chi connectivity index (χ4n) is 4.21. The van der Waals surface area contributed by atoms with Crippen molar-refractivity contribution in [1.82, 2.24) is 14.9 Å². The first-order valence-corrected chi connectivity index (χ1v) is 10.4. The minimum Gasteiger partial charge on any atom is -0.497 e. The van der Waals surface area contributed by atoms with Crippen molar-refractivity contribution >= 4 is 11.9 Å². The molecule has 0 saturated carbocycles. The van der Waals surface area contributed by atoms with E-state index in [-0.39, 0.29) is 23.7 Å². The number of aromatic amines is 1. The number of benzene rings is 1. The summed E-state index contributed by atoms with van der Waals surface area (Å²) < 4.78 is 11.0. The van der Waals surface area contributed by atoms with Gasteiger partial charge >= 0.3 is 0 Å². The van der Waals surface area contributed by atoms with Gasteiger partial charge in [0.1, 0.15) is 5.75 Å². The molecule has 2 atom stereocenters. The number of methoxy groups -OCH3 is 1. The van der Waals surface area contributed by atoms with Gasteiger partial charge in [0.25, 0.3) is 5.56 Å². The number of rotatable bonds is 4. The maximum absolute atomic E-state index is 12.9. The van der Waals surface area contributed by atoms with Crippen LogP contribution in [0.1, 0.15) is 30.7 Å². The lowest BCUT2D eigenvalue weighted by atomic mass is 10.0. The van der Waals surface area contributed by atoms with Gasteiger partial charge in [0.15, 0.2) is 0 Å². The van der Waals surface area contributed by atoms with Crippen LogP contribution in [0.3, 0.4) is 0 Å². The van der Waals surface area contributed by atoms with Gasteiger partial charge < -0.3 is 19.3 Å². The first-order valence-electron chi connectivity index (χ1n) is 10.4. The number of anilines is 1. The summed E-state index contributed by atoms with van der Waals surface area (Å²) in [5.41, 5.74) is 2.16. The van der Waals surface area contributed by atoms with Gasteiger partial charge in [-0.25, -0.2) is 4.98 Å². The second-order valence-electron chi connectivity index (χ2n) is 8.07. The molecule has 2 aliphatic heterocycles. The molecule has 0 radical (unpaired) electrons. The van der Waals surface area contributed by atoms with Crippen molar-refractivity contribution in [2.75, 3.05) is 31.6 Å². The first-order chi connectivity index (χ1) is 14.4. The highest BCUT2D eigenvalue weighted by atomic mass is 16.5. The summed E-state index contributed by atoms with van der Waals surface area (Å²) in [6.45, 7) is 6.24. The van der Waals surface area contributed by atoms with Crippen LogP contribution >= 0.6 is 0 Å². The van der Waals surface area contributed by atoms with Crippen molar-refractivity contribution in [3.63, 3.8) is 0 Å². The van der Waals surface area contributed by atoms with Gasteiger partial charge in [0.05, 0.1) is 38.0 Å². The molecule has 1 aromatic heterocycles. The summed E-state index contributed by atoms with van der Waals surface area (Å²) in [6.07, 6.45) is 0.936. The van der Waals surface area contributed by atoms with Crippen LogP contribution in [0, 0.1) is 0 Å². The zero-order valence-electron chi connectivity index (χ0n) is 17.7. The second kappa shape index (κ2) is 8.47. The zero-order valence-corrected chi connectivity index (χ0v) is 17.7. The minimum atomic E-state index is -0.110. The predicted octanol–water partition coefficient (Wildman–Crippen LogP) is 1.52. The van der Waals surface area contributed by atoms with E-state index in [2.05, 4.69) is 9.88 Å². The van der Waals surface area contributed by atoms with Gasteiger partial charge in [-0.05, 0) is 38.0 Å².